The number of carbonyl (C=O) groups is 2. The van der Waals surface area contributed by atoms with Gasteiger partial charge in [0.2, 0.25) is 0 Å². The molecule has 7 heteroatoms. The maximum Gasteiger partial charge on any atom is 0.320 e. The molecule has 1 aromatic carbocycles. The molecule has 0 heterocycles. The van der Waals surface area contributed by atoms with E-state index in [1.54, 1.807) is 26.8 Å². The van der Waals surface area contributed by atoms with Crippen molar-refractivity contribution in [2.75, 3.05) is 20.6 Å². The van der Waals surface area contributed by atoms with E-state index in [1.165, 1.54) is 25.3 Å². The summed E-state index contributed by atoms with van der Waals surface area (Å²) in [6, 6.07) is 4.08. The van der Waals surface area contributed by atoms with Crippen molar-refractivity contribution in [1.29, 1.82) is 0 Å². The highest BCUT2D eigenvalue weighted by Gasteiger charge is 2.43. The molecular weight excluding hydrogens is 411 g/mol. The Balaban J connectivity index is 0.000000451. The third-order valence-corrected chi connectivity index (χ3v) is 6.74. The number of fused-ring (bicyclic) bond motifs is 2. The number of aliphatic carboxylic acids is 2. The Morgan fingerprint density at radius 3 is 2.34 bits per heavy atom. The number of hydrogen-bond donors (Lipinski definition) is 3. The molecule has 0 spiro atoms. The second-order valence-corrected chi connectivity index (χ2v) is 10.8. The quantitative estimate of drug-likeness (QED) is 0.606. The van der Waals surface area contributed by atoms with E-state index in [4.69, 9.17) is 15.9 Å². The van der Waals surface area contributed by atoms with Gasteiger partial charge in [-0.25, -0.2) is 4.39 Å². The van der Waals surface area contributed by atoms with Gasteiger partial charge in [-0.1, -0.05) is 18.6 Å². The van der Waals surface area contributed by atoms with Crippen LogP contribution in [-0.4, -0.2) is 53.7 Å². The van der Waals surface area contributed by atoms with E-state index in [-0.39, 0.29) is 18.2 Å². The molecule has 0 aliphatic heterocycles. The van der Waals surface area contributed by atoms with Crippen molar-refractivity contribution in [2.24, 2.45) is 28.9 Å². The topological polar surface area (TPSA) is 104 Å². The minimum Gasteiger partial charge on any atom is -0.481 e. The van der Waals surface area contributed by atoms with Gasteiger partial charge in [0, 0.05) is 6.54 Å². The summed E-state index contributed by atoms with van der Waals surface area (Å²) in [5, 5.41) is 17.3. The Kier molecular flexibility index (Phi) is 8.82. The number of carboxylic acids is 2. The van der Waals surface area contributed by atoms with E-state index in [1.807, 2.05) is 6.07 Å². The van der Waals surface area contributed by atoms with Gasteiger partial charge in [0.25, 0.3) is 0 Å². The molecule has 0 aromatic heterocycles. The summed E-state index contributed by atoms with van der Waals surface area (Å²) in [6.07, 6.45) is 5.07. The zero-order valence-corrected chi connectivity index (χ0v) is 20.0. The third-order valence-electron chi connectivity index (χ3n) is 6.74. The second kappa shape index (κ2) is 10.8. The highest BCUT2D eigenvalue weighted by molar-refractivity contribution is 5.73. The summed E-state index contributed by atoms with van der Waals surface area (Å²) in [4.78, 5) is 23.2. The van der Waals surface area contributed by atoms with Crippen LogP contribution < -0.4 is 5.73 Å². The predicted octanol–water partition coefficient (Wildman–Crippen LogP) is 3.98. The lowest BCUT2D eigenvalue weighted by Crippen LogP contribution is -2.35. The molecule has 2 saturated carbocycles. The van der Waals surface area contributed by atoms with Gasteiger partial charge < -0.3 is 20.8 Å². The first-order chi connectivity index (χ1) is 14.8. The number of halogens is 1. The van der Waals surface area contributed by atoms with Crippen molar-refractivity contribution in [3.8, 4) is 0 Å². The molecule has 0 saturated heterocycles. The van der Waals surface area contributed by atoms with Crippen LogP contribution in [0.25, 0.3) is 0 Å². The number of hydrogen-bond acceptors (Lipinski definition) is 4. The van der Waals surface area contributed by atoms with Crippen LogP contribution in [0.4, 0.5) is 4.39 Å². The molecule has 2 aliphatic rings. The molecule has 6 nitrogen and oxygen atoms in total. The number of nitrogens with zero attached hydrogens (tertiary/aromatic N) is 1. The van der Waals surface area contributed by atoms with Gasteiger partial charge in [0.1, 0.15) is 11.9 Å². The first-order valence-electron chi connectivity index (χ1n) is 11.4. The molecule has 32 heavy (non-hydrogen) atoms. The van der Waals surface area contributed by atoms with Crippen LogP contribution in [0.5, 0.6) is 0 Å². The van der Waals surface area contributed by atoms with E-state index in [2.05, 4.69) is 19.0 Å². The Bertz CT molecular complexity index is 806. The maximum atomic E-state index is 14.7. The SMILES string of the molecule is CC(C)(C)C(=O)O.CN(C)CC1C2CCC(C2)CC1c1cc(C[C@H](N)C(=O)O)ccc1F. The third kappa shape index (κ3) is 7.01. The van der Waals surface area contributed by atoms with E-state index >= 15 is 0 Å². The van der Waals surface area contributed by atoms with Crippen molar-refractivity contribution in [1.82, 2.24) is 4.90 Å². The molecule has 2 bridgehead atoms. The lowest BCUT2D eigenvalue weighted by atomic mass is 9.69. The van der Waals surface area contributed by atoms with Gasteiger partial charge in [-0.3, -0.25) is 9.59 Å². The van der Waals surface area contributed by atoms with E-state index in [9.17, 15) is 14.0 Å². The van der Waals surface area contributed by atoms with Gasteiger partial charge in [0.15, 0.2) is 0 Å². The lowest BCUT2D eigenvalue weighted by molar-refractivity contribution is -0.145. The van der Waals surface area contributed by atoms with Crippen molar-refractivity contribution >= 4 is 11.9 Å². The molecule has 2 aliphatic carbocycles. The van der Waals surface area contributed by atoms with Gasteiger partial charge in [-0.2, -0.15) is 0 Å². The first kappa shape index (κ1) is 26.3. The predicted molar refractivity (Wildman–Crippen MR) is 123 cm³/mol. The summed E-state index contributed by atoms with van der Waals surface area (Å²) in [5.41, 5.74) is 6.65. The molecule has 180 valence electrons. The fourth-order valence-corrected chi connectivity index (χ4v) is 4.98. The van der Waals surface area contributed by atoms with Crippen molar-refractivity contribution in [3.05, 3.63) is 35.1 Å². The summed E-state index contributed by atoms with van der Waals surface area (Å²) in [5.74, 6) is 0.122. The van der Waals surface area contributed by atoms with Crippen LogP contribution in [0.1, 0.15) is 63.5 Å². The van der Waals surface area contributed by atoms with Crippen LogP contribution in [0.15, 0.2) is 18.2 Å². The van der Waals surface area contributed by atoms with Gasteiger partial charge in [0.05, 0.1) is 5.41 Å². The zero-order valence-electron chi connectivity index (χ0n) is 20.0. The zero-order chi connectivity index (χ0) is 24.2. The molecule has 4 unspecified atom stereocenters. The van der Waals surface area contributed by atoms with Gasteiger partial charge in [-0.15, -0.1) is 0 Å². The van der Waals surface area contributed by atoms with E-state index in [0.717, 1.165) is 24.1 Å². The molecule has 2 fully saturated rings. The van der Waals surface area contributed by atoms with E-state index in [0.29, 0.717) is 17.8 Å². The minimum atomic E-state index is -1.02. The number of benzene rings is 1. The average Bonchev–Trinajstić information content (AvgIpc) is 3.07. The summed E-state index contributed by atoms with van der Waals surface area (Å²) in [6.45, 7) is 5.96. The largest absolute Gasteiger partial charge is 0.481 e. The summed E-state index contributed by atoms with van der Waals surface area (Å²) < 4.78 is 14.7. The molecular formula is C25H39FN2O4. The summed E-state index contributed by atoms with van der Waals surface area (Å²) >= 11 is 0. The normalized spacial score (nSPS) is 25.8. The van der Waals surface area contributed by atoms with Crippen LogP contribution in [0, 0.1) is 29.0 Å². The highest BCUT2D eigenvalue weighted by atomic mass is 19.1. The van der Waals surface area contributed by atoms with Crippen LogP contribution in [0.3, 0.4) is 0 Å². The molecule has 0 radical (unpaired) electrons. The van der Waals surface area contributed by atoms with Crippen LogP contribution >= 0.6 is 0 Å². The first-order valence-corrected chi connectivity index (χ1v) is 11.4. The highest BCUT2D eigenvalue weighted by Crippen LogP contribution is 2.52. The molecule has 0 amide bonds. The number of carboxylic acid groups (broad SMARTS) is 2. The van der Waals surface area contributed by atoms with Crippen LogP contribution in [0.2, 0.25) is 0 Å². The number of nitrogens with two attached hydrogens (primary N) is 1. The fraction of sp³-hybridized carbons (Fsp3) is 0.680. The number of rotatable bonds is 6. The minimum absolute atomic E-state index is 0.164. The van der Waals surface area contributed by atoms with E-state index < -0.39 is 23.4 Å². The molecule has 5 atom stereocenters. The average molecular weight is 451 g/mol. The van der Waals surface area contributed by atoms with Crippen molar-refractivity contribution in [3.63, 3.8) is 0 Å². The summed E-state index contributed by atoms with van der Waals surface area (Å²) in [7, 11) is 4.16. The van der Waals surface area contributed by atoms with Gasteiger partial charge >= 0.3 is 11.9 Å². The monoisotopic (exact) mass is 450 g/mol. The smallest absolute Gasteiger partial charge is 0.320 e. The Morgan fingerprint density at radius 2 is 1.81 bits per heavy atom. The van der Waals surface area contributed by atoms with Crippen LogP contribution in [-0.2, 0) is 16.0 Å². The molecule has 3 rings (SSSR count). The Morgan fingerprint density at radius 1 is 1.19 bits per heavy atom. The fourth-order valence-electron chi connectivity index (χ4n) is 4.98. The Hall–Kier alpha value is -1.99. The molecule has 1 aromatic rings. The standard InChI is InChI=1S/C20H29FN2O2.C5H10O2/c1-23(2)11-17-14-5-3-12(7-14)8-15(17)16-9-13(4-6-18(16)21)10-19(22)20(24)25;1-5(2,3)4(6)7/h4,6,9,12,14-15,17,19H,3,5,7-8,10-11,22H2,1-2H3,(H,24,25);1-3H3,(H,6,7)/t12?,14?,15?,17?,19-;/m0./s1. The van der Waals surface area contributed by atoms with Gasteiger partial charge in [-0.05, 0) is 101 Å². The lowest BCUT2D eigenvalue weighted by Gasteiger charge is -2.39. The van der Waals surface area contributed by atoms with Crippen molar-refractivity contribution in [2.45, 2.75) is 64.8 Å². The maximum absolute atomic E-state index is 14.7. The molecule has 4 N–H and O–H groups in total. The van der Waals surface area contributed by atoms with Crippen molar-refractivity contribution < 1.29 is 24.2 Å². The Labute approximate surface area is 191 Å². The second-order valence-electron chi connectivity index (χ2n) is 10.8.